The van der Waals surface area contributed by atoms with Crippen LogP contribution >= 0.6 is 11.6 Å². The van der Waals surface area contributed by atoms with Crippen molar-refractivity contribution in [3.05, 3.63) is 35.1 Å². The highest BCUT2D eigenvalue weighted by molar-refractivity contribution is 6.32. The fourth-order valence-electron chi connectivity index (χ4n) is 2.26. The summed E-state index contributed by atoms with van der Waals surface area (Å²) in [5.74, 6) is -2.69. The maximum Gasteiger partial charge on any atom is 0.341 e. The minimum atomic E-state index is -2.69. The SMILES string of the molecule is CCOC(=O)c1ccc(-n2ccc(OCC3(C)CC3(F)F)n2)nc1Cl. The molecule has 9 heteroatoms. The number of hydrogen-bond acceptors (Lipinski definition) is 5. The van der Waals surface area contributed by atoms with E-state index in [2.05, 4.69) is 10.1 Å². The summed E-state index contributed by atoms with van der Waals surface area (Å²) in [7, 11) is 0. The Balaban J connectivity index is 1.70. The molecule has 0 bridgehead atoms. The van der Waals surface area contributed by atoms with Gasteiger partial charge in [0.1, 0.15) is 11.8 Å². The van der Waals surface area contributed by atoms with Gasteiger partial charge in [0, 0.05) is 18.7 Å². The largest absolute Gasteiger partial charge is 0.476 e. The number of carbonyl (C=O) groups is 1. The molecule has 0 saturated heterocycles. The number of esters is 1. The summed E-state index contributed by atoms with van der Waals surface area (Å²) in [4.78, 5) is 15.8. The van der Waals surface area contributed by atoms with E-state index in [1.54, 1.807) is 25.3 Å². The predicted octanol–water partition coefficient (Wildman–Crippen LogP) is 3.52. The summed E-state index contributed by atoms with van der Waals surface area (Å²) in [6.45, 7) is 3.28. The van der Waals surface area contributed by atoms with Gasteiger partial charge in [0.05, 0.1) is 17.6 Å². The first-order valence-corrected chi connectivity index (χ1v) is 8.04. The molecule has 1 unspecified atom stereocenters. The van der Waals surface area contributed by atoms with Crippen LogP contribution in [0.4, 0.5) is 8.78 Å². The van der Waals surface area contributed by atoms with Gasteiger partial charge >= 0.3 is 5.97 Å². The standard InChI is InChI=1S/C16H16ClF2N3O3/c1-3-24-14(23)10-4-5-11(20-13(10)17)22-7-6-12(21-22)25-9-15(2)8-16(15,18)19/h4-7H,3,8-9H2,1-2H3. The number of halogens is 3. The average Bonchev–Trinajstić information content (AvgIpc) is 2.89. The lowest BCUT2D eigenvalue weighted by molar-refractivity contribution is 0.0488. The van der Waals surface area contributed by atoms with Crippen LogP contribution in [0.5, 0.6) is 5.88 Å². The molecule has 0 N–H and O–H groups in total. The molecule has 1 atom stereocenters. The molecule has 0 spiro atoms. The molecule has 2 heterocycles. The van der Waals surface area contributed by atoms with Crippen LogP contribution in [0.2, 0.25) is 5.15 Å². The molecule has 6 nitrogen and oxygen atoms in total. The Bertz CT molecular complexity index is 812. The van der Waals surface area contributed by atoms with Gasteiger partial charge in [0.25, 0.3) is 5.92 Å². The van der Waals surface area contributed by atoms with Gasteiger partial charge in [-0.1, -0.05) is 18.5 Å². The molecule has 2 aromatic rings. The second-order valence-electron chi connectivity index (χ2n) is 6.06. The number of alkyl halides is 2. The van der Waals surface area contributed by atoms with E-state index >= 15 is 0 Å². The van der Waals surface area contributed by atoms with E-state index in [0.717, 1.165) is 0 Å². The molecule has 1 saturated carbocycles. The maximum atomic E-state index is 13.2. The average molecular weight is 372 g/mol. The number of hydrogen-bond donors (Lipinski definition) is 0. The molecule has 1 aliphatic rings. The van der Waals surface area contributed by atoms with Crippen LogP contribution in [0.15, 0.2) is 24.4 Å². The van der Waals surface area contributed by atoms with E-state index in [1.807, 2.05) is 0 Å². The number of pyridine rings is 1. The molecule has 0 aromatic carbocycles. The second kappa shape index (κ2) is 6.25. The third kappa shape index (κ3) is 3.44. The molecule has 1 fully saturated rings. The zero-order valence-electron chi connectivity index (χ0n) is 13.6. The van der Waals surface area contributed by atoms with E-state index in [9.17, 15) is 13.6 Å². The normalized spacial score (nSPS) is 21.0. The summed E-state index contributed by atoms with van der Waals surface area (Å²) in [6, 6.07) is 4.57. The Morgan fingerprint density at radius 1 is 1.40 bits per heavy atom. The maximum absolute atomic E-state index is 13.2. The minimum Gasteiger partial charge on any atom is -0.476 e. The number of carbonyl (C=O) groups excluding carboxylic acids is 1. The zero-order chi connectivity index (χ0) is 18.2. The fourth-order valence-corrected chi connectivity index (χ4v) is 2.49. The van der Waals surface area contributed by atoms with Crippen molar-refractivity contribution in [1.82, 2.24) is 14.8 Å². The van der Waals surface area contributed by atoms with Crippen LogP contribution in [-0.2, 0) is 4.74 Å². The van der Waals surface area contributed by atoms with Crippen molar-refractivity contribution in [2.45, 2.75) is 26.2 Å². The van der Waals surface area contributed by atoms with Crippen molar-refractivity contribution in [2.75, 3.05) is 13.2 Å². The summed E-state index contributed by atoms with van der Waals surface area (Å²) in [5.41, 5.74) is -0.987. The monoisotopic (exact) mass is 371 g/mol. The summed E-state index contributed by atoms with van der Waals surface area (Å²) < 4.78 is 38.0. The Hall–Kier alpha value is -2.22. The molecule has 25 heavy (non-hydrogen) atoms. The van der Waals surface area contributed by atoms with Crippen molar-refractivity contribution >= 4 is 17.6 Å². The second-order valence-corrected chi connectivity index (χ2v) is 6.42. The first-order chi connectivity index (χ1) is 11.8. The van der Waals surface area contributed by atoms with E-state index < -0.39 is 17.3 Å². The van der Waals surface area contributed by atoms with Crippen molar-refractivity contribution in [3.63, 3.8) is 0 Å². The summed E-state index contributed by atoms with van der Waals surface area (Å²) in [5, 5.41) is 4.11. The first kappa shape index (κ1) is 17.6. The van der Waals surface area contributed by atoms with E-state index in [1.165, 1.54) is 17.7 Å². The predicted molar refractivity (Wildman–Crippen MR) is 85.5 cm³/mol. The summed E-state index contributed by atoms with van der Waals surface area (Å²) in [6.07, 6.45) is 1.37. The summed E-state index contributed by atoms with van der Waals surface area (Å²) >= 11 is 6.01. The lowest BCUT2D eigenvalue weighted by Gasteiger charge is -2.10. The highest BCUT2D eigenvalue weighted by Gasteiger charge is 2.68. The lowest BCUT2D eigenvalue weighted by Crippen LogP contribution is -2.17. The Kier molecular flexibility index (Phi) is 4.40. The van der Waals surface area contributed by atoms with Gasteiger partial charge in [0.2, 0.25) is 5.88 Å². The quantitative estimate of drug-likeness (QED) is 0.574. The van der Waals surface area contributed by atoms with Crippen LogP contribution in [0.1, 0.15) is 30.6 Å². The van der Waals surface area contributed by atoms with E-state index in [0.29, 0.717) is 5.82 Å². The van der Waals surface area contributed by atoms with Crippen LogP contribution in [0.25, 0.3) is 5.82 Å². The minimum absolute atomic E-state index is 0.0148. The molecule has 0 amide bonds. The van der Waals surface area contributed by atoms with Crippen LogP contribution in [-0.4, -0.2) is 39.9 Å². The van der Waals surface area contributed by atoms with Crippen molar-refractivity contribution in [3.8, 4) is 11.7 Å². The van der Waals surface area contributed by atoms with Crippen molar-refractivity contribution < 1.29 is 23.0 Å². The van der Waals surface area contributed by atoms with Crippen LogP contribution in [0, 0.1) is 5.41 Å². The lowest BCUT2D eigenvalue weighted by atomic mass is 10.1. The highest BCUT2D eigenvalue weighted by Crippen LogP contribution is 2.60. The molecule has 0 radical (unpaired) electrons. The molecule has 3 rings (SSSR count). The van der Waals surface area contributed by atoms with Gasteiger partial charge in [-0.05, 0) is 19.1 Å². The zero-order valence-corrected chi connectivity index (χ0v) is 14.4. The Morgan fingerprint density at radius 3 is 2.72 bits per heavy atom. The fraction of sp³-hybridized carbons (Fsp3) is 0.438. The van der Waals surface area contributed by atoms with Gasteiger partial charge in [-0.25, -0.2) is 23.2 Å². The third-order valence-electron chi connectivity index (χ3n) is 4.04. The van der Waals surface area contributed by atoms with Gasteiger partial charge < -0.3 is 9.47 Å². The molecule has 0 aliphatic heterocycles. The van der Waals surface area contributed by atoms with Gasteiger partial charge in [0.15, 0.2) is 5.82 Å². The topological polar surface area (TPSA) is 66.2 Å². The molecule has 2 aromatic heterocycles. The van der Waals surface area contributed by atoms with E-state index in [4.69, 9.17) is 21.1 Å². The van der Waals surface area contributed by atoms with Gasteiger partial charge in [-0.15, -0.1) is 5.10 Å². The van der Waals surface area contributed by atoms with Gasteiger partial charge in [-0.3, -0.25) is 0 Å². The van der Waals surface area contributed by atoms with E-state index in [-0.39, 0.29) is 36.2 Å². The van der Waals surface area contributed by atoms with Crippen LogP contribution in [0.3, 0.4) is 0 Å². The smallest absolute Gasteiger partial charge is 0.341 e. The molecule has 134 valence electrons. The first-order valence-electron chi connectivity index (χ1n) is 7.66. The number of ether oxygens (including phenoxy) is 2. The Labute approximate surface area is 147 Å². The van der Waals surface area contributed by atoms with Crippen molar-refractivity contribution in [2.24, 2.45) is 5.41 Å². The molecule has 1 aliphatic carbocycles. The number of nitrogens with zero attached hydrogens (tertiary/aromatic N) is 3. The number of rotatable bonds is 6. The van der Waals surface area contributed by atoms with Crippen LogP contribution < -0.4 is 4.74 Å². The molecular formula is C16H16ClF2N3O3. The van der Waals surface area contributed by atoms with Crippen molar-refractivity contribution in [1.29, 1.82) is 0 Å². The molecular weight excluding hydrogens is 356 g/mol. The Morgan fingerprint density at radius 2 is 2.12 bits per heavy atom. The number of aromatic nitrogens is 3. The third-order valence-corrected chi connectivity index (χ3v) is 4.33. The van der Waals surface area contributed by atoms with Gasteiger partial charge in [-0.2, -0.15) is 0 Å². The highest BCUT2D eigenvalue weighted by atomic mass is 35.5.